The molecule has 4 aromatic rings. The normalized spacial score (nSPS) is 14.6. The number of aliphatic imine (C=N–C) groups is 1. The van der Waals surface area contributed by atoms with Crippen LogP contribution in [0.25, 0.3) is 11.1 Å². The zero-order valence-corrected chi connectivity index (χ0v) is 18.8. The van der Waals surface area contributed by atoms with Crippen LogP contribution in [0.5, 0.6) is 0 Å². The summed E-state index contributed by atoms with van der Waals surface area (Å²) < 4.78 is 1.89. The molecule has 0 bridgehead atoms. The van der Waals surface area contributed by atoms with Crippen LogP contribution in [-0.4, -0.2) is 46.7 Å². The number of nitrogens with zero attached hydrogens (tertiary/aromatic N) is 5. The molecule has 0 radical (unpaired) electrons. The molecular formula is C27H24N6O. The molecule has 0 unspecified atom stereocenters. The highest BCUT2D eigenvalue weighted by molar-refractivity contribution is 6.20. The molecule has 1 amide bonds. The zero-order valence-electron chi connectivity index (χ0n) is 18.8. The maximum Gasteiger partial charge on any atom is 0.267 e. The van der Waals surface area contributed by atoms with E-state index >= 15 is 0 Å². The van der Waals surface area contributed by atoms with E-state index in [1.807, 2.05) is 58.1 Å². The molecule has 0 saturated carbocycles. The fraction of sp³-hybridized carbons (Fsp3) is 0.148. The fourth-order valence-corrected chi connectivity index (χ4v) is 4.52. The molecule has 1 N–H and O–H groups in total. The Labute approximate surface area is 198 Å². The van der Waals surface area contributed by atoms with Crippen molar-refractivity contribution in [3.63, 3.8) is 0 Å². The molecule has 168 valence electrons. The van der Waals surface area contributed by atoms with Gasteiger partial charge < -0.3 is 5.32 Å². The average Bonchev–Trinajstić information content (AvgIpc) is 3.50. The summed E-state index contributed by atoms with van der Waals surface area (Å²) in [4.78, 5) is 21.5. The second-order valence-corrected chi connectivity index (χ2v) is 8.46. The van der Waals surface area contributed by atoms with Crippen molar-refractivity contribution in [1.82, 2.24) is 14.7 Å². The summed E-state index contributed by atoms with van der Waals surface area (Å²) in [5.74, 6) is 1.92. The monoisotopic (exact) mass is 448 g/mol. The molecule has 34 heavy (non-hydrogen) atoms. The van der Waals surface area contributed by atoms with Gasteiger partial charge in [0.15, 0.2) is 5.82 Å². The molecule has 0 spiro atoms. The van der Waals surface area contributed by atoms with Crippen molar-refractivity contribution in [3.05, 3.63) is 96.1 Å². The van der Waals surface area contributed by atoms with Crippen LogP contribution in [0, 0.1) is 0 Å². The van der Waals surface area contributed by atoms with E-state index < -0.39 is 0 Å². The molecule has 1 aromatic heterocycles. The third-order valence-corrected chi connectivity index (χ3v) is 6.26. The number of carbonyl (C=O) groups excluding carboxylic acids is 1. The minimum absolute atomic E-state index is 0.101. The van der Waals surface area contributed by atoms with E-state index in [4.69, 9.17) is 5.10 Å². The Kier molecular flexibility index (Phi) is 4.87. The van der Waals surface area contributed by atoms with Crippen LogP contribution in [0.3, 0.4) is 0 Å². The number of amides is 1. The van der Waals surface area contributed by atoms with Gasteiger partial charge in [0, 0.05) is 19.3 Å². The molecule has 3 heterocycles. The Bertz CT molecular complexity index is 1380. The summed E-state index contributed by atoms with van der Waals surface area (Å²) in [5.41, 5.74) is 4.94. The number of rotatable bonds is 5. The van der Waals surface area contributed by atoms with Crippen molar-refractivity contribution in [2.75, 3.05) is 30.4 Å². The van der Waals surface area contributed by atoms with Crippen LogP contribution >= 0.6 is 0 Å². The van der Waals surface area contributed by atoms with E-state index in [-0.39, 0.29) is 5.91 Å². The van der Waals surface area contributed by atoms with Crippen molar-refractivity contribution in [2.24, 2.45) is 4.99 Å². The Morgan fingerprint density at radius 2 is 1.56 bits per heavy atom. The van der Waals surface area contributed by atoms with Gasteiger partial charge in [-0.25, -0.2) is 4.68 Å². The first-order chi connectivity index (χ1) is 16.7. The van der Waals surface area contributed by atoms with E-state index in [2.05, 4.69) is 46.7 Å². The number of guanidine groups is 1. The standard InChI is InChI=1S/C27H24N6O/c1-31-26(34)23-24(29-22-10-6-3-7-11-22)33(30-25(23)32-17-16-28-27(31)32)18-19-12-14-21(15-13-19)20-8-4-2-5-9-20/h2-15,29H,16-18H2,1H3. The molecule has 7 heteroatoms. The number of anilines is 3. The van der Waals surface area contributed by atoms with Gasteiger partial charge in [-0.15, -0.1) is 0 Å². The largest absolute Gasteiger partial charge is 0.340 e. The number of benzene rings is 3. The van der Waals surface area contributed by atoms with Gasteiger partial charge in [-0.3, -0.25) is 19.6 Å². The van der Waals surface area contributed by atoms with Crippen LogP contribution < -0.4 is 10.2 Å². The van der Waals surface area contributed by atoms with Crippen molar-refractivity contribution in [3.8, 4) is 11.1 Å². The highest BCUT2D eigenvalue weighted by Gasteiger charge is 2.40. The van der Waals surface area contributed by atoms with Gasteiger partial charge in [0.1, 0.15) is 11.4 Å². The van der Waals surface area contributed by atoms with Gasteiger partial charge in [0.25, 0.3) is 5.91 Å². The lowest BCUT2D eigenvalue weighted by atomic mass is 10.0. The van der Waals surface area contributed by atoms with Crippen molar-refractivity contribution in [1.29, 1.82) is 0 Å². The molecule has 0 atom stereocenters. The number of aromatic nitrogens is 2. The van der Waals surface area contributed by atoms with Crippen LogP contribution in [-0.2, 0) is 6.54 Å². The van der Waals surface area contributed by atoms with E-state index in [0.29, 0.717) is 42.8 Å². The minimum atomic E-state index is -0.101. The average molecular weight is 449 g/mol. The summed E-state index contributed by atoms with van der Waals surface area (Å²) in [6.07, 6.45) is 0. The molecule has 0 aliphatic carbocycles. The third kappa shape index (κ3) is 3.42. The minimum Gasteiger partial charge on any atom is -0.340 e. The topological polar surface area (TPSA) is 65.8 Å². The van der Waals surface area contributed by atoms with Crippen LogP contribution in [0.4, 0.5) is 17.3 Å². The van der Waals surface area contributed by atoms with E-state index in [1.54, 1.807) is 11.9 Å². The van der Waals surface area contributed by atoms with Crippen LogP contribution in [0.1, 0.15) is 15.9 Å². The summed E-state index contributed by atoms with van der Waals surface area (Å²) >= 11 is 0. The number of nitrogens with one attached hydrogen (secondary N) is 1. The summed E-state index contributed by atoms with van der Waals surface area (Å²) in [6.45, 7) is 1.91. The summed E-state index contributed by atoms with van der Waals surface area (Å²) in [7, 11) is 1.77. The maximum atomic E-state index is 13.4. The number of fused-ring (bicyclic) bond motifs is 3. The Balaban J connectivity index is 1.40. The van der Waals surface area contributed by atoms with Crippen LogP contribution in [0.15, 0.2) is 89.9 Å². The predicted octanol–water partition coefficient (Wildman–Crippen LogP) is 4.60. The molecule has 2 aliphatic rings. The lowest BCUT2D eigenvalue weighted by Crippen LogP contribution is -2.48. The summed E-state index contributed by atoms with van der Waals surface area (Å²) in [6, 6.07) is 28.7. The van der Waals surface area contributed by atoms with Gasteiger partial charge in [0.2, 0.25) is 5.96 Å². The lowest BCUT2D eigenvalue weighted by Gasteiger charge is -2.30. The number of hydrogen-bond donors (Lipinski definition) is 1. The Morgan fingerprint density at radius 1 is 0.882 bits per heavy atom. The molecule has 0 fully saturated rings. The Hall–Kier alpha value is -4.39. The lowest BCUT2D eigenvalue weighted by molar-refractivity contribution is 0.0866. The maximum absolute atomic E-state index is 13.4. The highest BCUT2D eigenvalue weighted by atomic mass is 16.2. The molecule has 2 aliphatic heterocycles. The van der Waals surface area contributed by atoms with Crippen molar-refractivity contribution < 1.29 is 4.79 Å². The molecule has 7 nitrogen and oxygen atoms in total. The van der Waals surface area contributed by atoms with Gasteiger partial charge in [-0.05, 0) is 28.8 Å². The van der Waals surface area contributed by atoms with Crippen LogP contribution in [0.2, 0.25) is 0 Å². The van der Waals surface area contributed by atoms with Gasteiger partial charge in [-0.1, -0.05) is 72.8 Å². The van der Waals surface area contributed by atoms with Crippen molar-refractivity contribution >= 4 is 29.2 Å². The first-order valence-corrected chi connectivity index (χ1v) is 11.4. The number of carbonyl (C=O) groups is 1. The second-order valence-electron chi connectivity index (χ2n) is 8.46. The zero-order chi connectivity index (χ0) is 23.1. The van der Waals surface area contributed by atoms with Gasteiger partial charge in [0.05, 0.1) is 13.1 Å². The highest BCUT2D eigenvalue weighted by Crippen LogP contribution is 2.36. The Morgan fingerprint density at radius 3 is 2.29 bits per heavy atom. The predicted molar refractivity (Wildman–Crippen MR) is 135 cm³/mol. The van der Waals surface area contributed by atoms with E-state index in [1.165, 1.54) is 11.1 Å². The molecule has 6 rings (SSSR count). The number of para-hydroxylation sites is 1. The first-order valence-electron chi connectivity index (χ1n) is 11.4. The van der Waals surface area contributed by atoms with E-state index in [0.717, 1.165) is 11.3 Å². The smallest absolute Gasteiger partial charge is 0.267 e. The van der Waals surface area contributed by atoms with Crippen molar-refractivity contribution in [2.45, 2.75) is 6.54 Å². The SMILES string of the molecule is CN1C(=O)c2c(nn(Cc3ccc(-c4ccccc4)cc3)c2Nc2ccccc2)N2CCN=C12. The van der Waals surface area contributed by atoms with Gasteiger partial charge >= 0.3 is 0 Å². The summed E-state index contributed by atoms with van der Waals surface area (Å²) in [5, 5.41) is 8.36. The number of hydrogen-bond acceptors (Lipinski definition) is 5. The third-order valence-electron chi connectivity index (χ3n) is 6.26. The van der Waals surface area contributed by atoms with Gasteiger partial charge in [-0.2, -0.15) is 5.10 Å². The molecular weight excluding hydrogens is 424 g/mol. The first kappa shape index (κ1) is 20.2. The second kappa shape index (κ2) is 8.19. The molecule has 0 saturated heterocycles. The quantitative estimate of drug-likeness (QED) is 0.485. The molecule has 3 aromatic carbocycles. The fourth-order valence-electron chi connectivity index (χ4n) is 4.52. The van der Waals surface area contributed by atoms with E-state index in [9.17, 15) is 4.79 Å².